The minimum atomic E-state index is -0.422. The molecule has 2 rings (SSSR count). The van der Waals surface area contributed by atoms with Gasteiger partial charge in [-0.15, -0.1) is 0 Å². The van der Waals surface area contributed by atoms with E-state index in [-0.39, 0.29) is 5.11 Å². The van der Waals surface area contributed by atoms with E-state index in [4.69, 9.17) is 28.6 Å². The van der Waals surface area contributed by atoms with Gasteiger partial charge in [0, 0.05) is 16.1 Å². The molecule has 2 aromatic rings. The van der Waals surface area contributed by atoms with Crippen LogP contribution >= 0.6 is 39.7 Å². The topological polar surface area (TPSA) is 79.5 Å². The number of halogens is 2. The second-order valence-electron chi connectivity index (χ2n) is 6.22. The molecule has 0 aliphatic carbocycles. The first-order valence-corrected chi connectivity index (χ1v) is 9.93. The summed E-state index contributed by atoms with van der Waals surface area (Å²) in [6.45, 7) is 4.68. The molecule has 0 saturated carbocycles. The summed E-state index contributed by atoms with van der Waals surface area (Å²) < 4.78 is 6.32. The van der Waals surface area contributed by atoms with Crippen LogP contribution < -0.4 is 20.9 Å². The number of hydrogen-bond acceptors (Lipinski definition) is 4. The first kappa shape index (κ1) is 22.1. The van der Waals surface area contributed by atoms with E-state index in [0.717, 1.165) is 0 Å². The van der Waals surface area contributed by atoms with Crippen molar-refractivity contribution in [1.29, 1.82) is 0 Å². The number of amides is 2. The van der Waals surface area contributed by atoms with Gasteiger partial charge in [-0.2, -0.15) is 0 Å². The number of benzene rings is 2. The molecule has 0 fully saturated rings. The van der Waals surface area contributed by atoms with Gasteiger partial charge in [0.05, 0.1) is 11.1 Å². The van der Waals surface area contributed by atoms with Crippen LogP contribution in [0.1, 0.15) is 34.6 Å². The Morgan fingerprint density at radius 3 is 2.32 bits per heavy atom. The monoisotopic (exact) mass is 483 g/mol. The second-order valence-corrected chi connectivity index (χ2v) is 7.92. The zero-order valence-electron chi connectivity index (χ0n) is 15.2. The lowest BCUT2D eigenvalue weighted by molar-refractivity contribution is 0.0934. The summed E-state index contributed by atoms with van der Waals surface area (Å²) in [7, 11) is 0. The third-order valence-electron chi connectivity index (χ3n) is 3.39. The molecule has 0 aliphatic heterocycles. The summed E-state index contributed by atoms with van der Waals surface area (Å²) in [5, 5.41) is 2.98. The summed E-state index contributed by atoms with van der Waals surface area (Å²) in [6, 6.07) is 11.3. The Balaban J connectivity index is 1.87. The van der Waals surface area contributed by atoms with Gasteiger partial charge in [-0.3, -0.25) is 25.8 Å². The van der Waals surface area contributed by atoms with E-state index in [1.807, 2.05) is 0 Å². The van der Waals surface area contributed by atoms with E-state index in [2.05, 4.69) is 45.9 Å². The molecule has 0 saturated heterocycles. The van der Waals surface area contributed by atoms with Crippen LogP contribution in [0.2, 0.25) is 5.02 Å². The van der Waals surface area contributed by atoms with Gasteiger partial charge in [-0.1, -0.05) is 25.4 Å². The molecule has 0 radical (unpaired) electrons. The maximum Gasteiger partial charge on any atom is 0.269 e. The highest BCUT2D eigenvalue weighted by molar-refractivity contribution is 9.10. The minimum Gasteiger partial charge on any atom is -0.492 e. The van der Waals surface area contributed by atoms with Crippen LogP contribution in [0, 0.1) is 5.92 Å². The third kappa shape index (κ3) is 6.78. The van der Waals surface area contributed by atoms with E-state index in [9.17, 15) is 9.59 Å². The van der Waals surface area contributed by atoms with E-state index < -0.39 is 11.8 Å². The predicted molar refractivity (Wildman–Crippen MR) is 117 cm³/mol. The van der Waals surface area contributed by atoms with Crippen molar-refractivity contribution in [1.82, 2.24) is 16.2 Å². The number of carbonyl (C=O) groups excluding carboxylic acids is 2. The maximum absolute atomic E-state index is 12.3. The van der Waals surface area contributed by atoms with Crippen LogP contribution in [0.3, 0.4) is 0 Å². The molecule has 28 heavy (non-hydrogen) atoms. The van der Waals surface area contributed by atoms with E-state index in [0.29, 0.717) is 38.9 Å². The third-order valence-corrected chi connectivity index (χ3v) is 4.47. The number of ether oxygens (including phenoxy) is 1. The van der Waals surface area contributed by atoms with E-state index in [1.165, 1.54) is 0 Å². The molecule has 2 aromatic carbocycles. The summed E-state index contributed by atoms with van der Waals surface area (Å²) in [5.74, 6) is 0.208. The lowest BCUT2D eigenvalue weighted by atomic mass is 10.2. The molecule has 0 atom stereocenters. The van der Waals surface area contributed by atoms with Crippen LogP contribution in [-0.2, 0) is 0 Å². The standard InChI is InChI=1S/C19H19BrClN3O3S/c1-11(2)10-27-16-8-5-13(9-15(16)20)17(25)22-19(28)24-23-18(26)12-3-6-14(21)7-4-12/h3-9,11H,10H2,1-2H3,(H,23,26)(H2,22,24,25,28). The van der Waals surface area contributed by atoms with Crippen LogP contribution in [-0.4, -0.2) is 23.5 Å². The highest BCUT2D eigenvalue weighted by Gasteiger charge is 2.12. The number of carbonyl (C=O) groups is 2. The molecule has 9 heteroatoms. The lowest BCUT2D eigenvalue weighted by Gasteiger charge is -2.13. The molecule has 0 bridgehead atoms. The summed E-state index contributed by atoms with van der Waals surface area (Å²) >= 11 is 14.2. The van der Waals surface area contributed by atoms with Crippen molar-refractivity contribution in [3.8, 4) is 5.75 Å². The van der Waals surface area contributed by atoms with Crippen LogP contribution in [0.5, 0.6) is 5.75 Å². The molecular weight excluding hydrogens is 466 g/mol. The average Bonchev–Trinajstić information content (AvgIpc) is 2.65. The van der Waals surface area contributed by atoms with Gasteiger partial charge in [-0.05, 0) is 76.5 Å². The molecule has 2 amide bonds. The Morgan fingerprint density at radius 2 is 1.71 bits per heavy atom. The van der Waals surface area contributed by atoms with Gasteiger partial charge < -0.3 is 4.74 Å². The fourth-order valence-electron chi connectivity index (χ4n) is 2.01. The van der Waals surface area contributed by atoms with Crippen LogP contribution in [0.4, 0.5) is 0 Å². The van der Waals surface area contributed by atoms with Crippen LogP contribution in [0.25, 0.3) is 0 Å². The fourth-order valence-corrected chi connectivity index (χ4v) is 2.77. The van der Waals surface area contributed by atoms with Crippen molar-refractivity contribution < 1.29 is 14.3 Å². The summed E-state index contributed by atoms with van der Waals surface area (Å²) in [6.07, 6.45) is 0. The van der Waals surface area contributed by atoms with Gasteiger partial charge in [0.2, 0.25) is 0 Å². The van der Waals surface area contributed by atoms with E-state index >= 15 is 0 Å². The Labute approximate surface area is 182 Å². The SMILES string of the molecule is CC(C)COc1ccc(C(=O)NC(=S)NNC(=O)c2ccc(Cl)cc2)cc1Br. The van der Waals surface area contributed by atoms with Crippen LogP contribution in [0.15, 0.2) is 46.9 Å². The summed E-state index contributed by atoms with van der Waals surface area (Å²) in [5.41, 5.74) is 5.67. The largest absolute Gasteiger partial charge is 0.492 e. The number of hydrazine groups is 1. The van der Waals surface area contributed by atoms with Gasteiger partial charge in [-0.25, -0.2) is 0 Å². The second kappa shape index (κ2) is 10.4. The van der Waals surface area contributed by atoms with E-state index in [1.54, 1.807) is 42.5 Å². The van der Waals surface area contributed by atoms with Crippen molar-refractivity contribution in [3.05, 3.63) is 63.1 Å². The Bertz CT molecular complexity index is 875. The Morgan fingerprint density at radius 1 is 1.07 bits per heavy atom. The molecular formula is C19H19BrClN3O3S. The van der Waals surface area contributed by atoms with Gasteiger partial charge in [0.1, 0.15) is 5.75 Å². The quantitative estimate of drug-likeness (QED) is 0.440. The highest BCUT2D eigenvalue weighted by Crippen LogP contribution is 2.26. The molecule has 0 spiro atoms. The number of hydrogen-bond donors (Lipinski definition) is 3. The molecule has 3 N–H and O–H groups in total. The Kier molecular flexibility index (Phi) is 8.22. The van der Waals surface area contributed by atoms with Crippen molar-refractivity contribution in [2.45, 2.75) is 13.8 Å². The van der Waals surface area contributed by atoms with Crippen molar-refractivity contribution >= 4 is 56.7 Å². The van der Waals surface area contributed by atoms with Crippen molar-refractivity contribution in [2.24, 2.45) is 5.92 Å². The number of thiocarbonyl (C=S) groups is 1. The predicted octanol–water partition coefficient (Wildman–Crippen LogP) is 4.09. The first-order chi connectivity index (χ1) is 13.3. The molecule has 0 unspecified atom stereocenters. The lowest BCUT2D eigenvalue weighted by Crippen LogP contribution is -2.48. The molecule has 6 nitrogen and oxygen atoms in total. The Hall–Kier alpha value is -2.16. The summed E-state index contributed by atoms with van der Waals surface area (Å²) in [4.78, 5) is 24.3. The molecule has 0 aliphatic rings. The van der Waals surface area contributed by atoms with Crippen molar-refractivity contribution in [2.75, 3.05) is 6.61 Å². The molecule has 148 valence electrons. The first-order valence-electron chi connectivity index (χ1n) is 8.36. The van der Waals surface area contributed by atoms with Crippen molar-refractivity contribution in [3.63, 3.8) is 0 Å². The highest BCUT2D eigenvalue weighted by atomic mass is 79.9. The fraction of sp³-hybridized carbons (Fsp3) is 0.211. The molecule has 0 heterocycles. The maximum atomic E-state index is 12.3. The zero-order valence-corrected chi connectivity index (χ0v) is 18.4. The van der Waals surface area contributed by atoms with Gasteiger partial charge in [0.25, 0.3) is 11.8 Å². The minimum absolute atomic E-state index is 0.0384. The van der Waals surface area contributed by atoms with Gasteiger partial charge in [0.15, 0.2) is 5.11 Å². The zero-order chi connectivity index (χ0) is 20.7. The number of nitrogens with one attached hydrogen (secondary N) is 3. The smallest absolute Gasteiger partial charge is 0.269 e. The normalized spacial score (nSPS) is 10.3. The molecule has 0 aromatic heterocycles. The average molecular weight is 485 g/mol. The van der Waals surface area contributed by atoms with Gasteiger partial charge >= 0.3 is 0 Å². The number of rotatable bonds is 5.